The van der Waals surface area contributed by atoms with Crippen LogP contribution >= 0.6 is 0 Å². The Morgan fingerprint density at radius 2 is 1.95 bits per heavy atom. The van der Waals surface area contributed by atoms with Gasteiger partial charge in [0.1, 0.15) is 11.9 Å². The quantitative estimate of drug-likeness (QED) is 0.930. The van der Waals surface area contributed by atoms with Gasteiger partial charge in [-0.15, -0.1) is 0 Å². The number of carboxylic acid groups (broad SMARTS) is 1. The summed E-state index contributed by atoms with van der Waals surface area (Å²) in [6, 6.07) is 2.80. The maximum absolute atomic E-state index is 12.7. The van der Waals surface area contributed by atoms with Crippen LogP contribution in [-0.4, -0.2) is 30.4 Å². The highest BCUT2D eigenvalue weighted by atomic mass is 19.4. The van der Waals surface area contributed by atoms with Gasteiger partial charge in [0, 0.05) is 12.8 Å². The number of ether oxygens (including phenoxy) is 2. The Kier molecular flexibility index (Phi) is 4.17. The Hall–Kier alpha value is -1.76. The molecule has 4 nitrogen and oxygen atoms in total. The van der Waals surface area contributed by atoms with Crippen molar-refractivity contribution >= 4 is 5.97 Å². The predicted molar refractivity (Wildman–Crippen MR) is 62.9 cm³/mol. The molecular weight excluding hydrogens is 277 g/mol. The molecule has 1 N–H and O–H groups in total. The molecule has 0 amide bonds. The lowest BCUT2D eigenvalue weighted by Crippen LogP contribution is -2.26. The molecule has 2 rings (SSSR count). The van der Waals surface area contributed by atoms with Crippen LogP contribution in [0.1, 0.15) is 28.8 Å². The van der Waals surface area contributed by atoms with Crippen LogP contribution in [0.4, 0.5) is 13.2 Å². The van der Waals surface area contributed by atoms with Gasteiger partial charge in [-0.25, -0.2) is 4.79 Å². The van der Waals surface area contributed by atoms with Crippen LogP contribution in [0.5, 0.6) is 5.75 Å². The van der Waals surface area contributed by atoms with Crippen molar-refractivity contribution in [2.24, 2.45) is 0 Å². The van der Waals surface area contributed by atoms with E-state index < -0.39 is 23.3 Å². The number of rotatable bonds is 3. The minimum absolute atomic E-state index is 0.127. The van der Waals surface area contributed by atoms with E-state index in [0.29, 0.717) is 26.1 Å². The zero-order valence-electron chi connectivity index (χ0n) is 10.4. The van der Waals surface area contributed by atoms with E-state index in [4.69, 9.17) is 14.6 Å². The monoisotopic (exact) mass is 290 g/mol. The highest BCUT2D eigenvalue weighted by Crippen LogP contribution is 2.34. The molecule has 1 saturated heterocycles. The normalized spacial score (nSPS) is 16.9. The van der Waals surface area contributed by atoms with Crippen molar-refractivity contribution in [3.8, 4) is 5.75 Å². The van der Waals surface area contributed by atoms with Gasteiger partial charge in [0.15, 0.2) is 0 Å². The van der Waals surface area contributed by atoms with Crippen LogP contribution in [0.25, 0.3) is 0 Å². The number of alkyl halides is 3. The van der Waals surface area contributed by atoms with Crippen molar-refractivity contribution in [3.05, 3.63) is 29.3 Å². The Bertz CT molecular complexity index is 493. The Morgan fingerprint density at radius 3 is 2.50 bits per heavy atom. The molecule has 110 valence electrons. The van der Waals surface area contributed by atoms with Crippen molar-refractivity contribution in [3.63, 3.8) is 0 Å². The van der Waals surface area contributed by atoms with Gasteiger partial charge in [-0.2, -0.15) is 13.2 Å². The standard InChI is InChI=1S/C13H13F3O4/c14-13(15,16)11-2-1-9(7-10(11)12(17)18)20-8-3-5-19-6-4-8/h1-2,7-8H,3-6H2,(H,17,18). The summed E-state index contributed by atoms with van der Waals surface area (Å²) in [6.45, 7) is 1.05. The number of halogens is 3. The summed E-state index contributed by atoms with van der Waals surface area (Å²) in [6.07, 6.45) is -3.61. The van der Waals surface area contributed by atoms with Crippen LogP contribution in [0.15, 0.2) is 18.2 Å². The second kappa shape index (κ2) is 5.70. The lowest BCUT2D eigenvalue weighted by atomic mass is 10.1. The van der Waals surface area contributed by atoms with E-state index in [9.17, 15) is 18.0 Å². The third-order valence-corrected chi connectivity index (χ3v) is 3.00. The fourth-order valence-corrected chi connectivity index (χ4v) is 2.01. The second-order valence-electron chi connectivity index (χ2n) is 4.44. The van der Waals surface area contributed by atoms with Gasteiger partial charge >= 0.3 is 12.1 Å². The SMILES string of the molecule is O=C(O)c1cc(OC2CCOCC2)ccc1C(F)(F)F. The largest absolute Gasteiger partial charge is 0.490 e. The molecule has 1 aliphatic heterocycles. The fourth-order valence-electron chi connectivity index (χ4n) is 2.01. The molecule has 1 aromatic rings. The molecule has 0 aromatic heterocycles. The molecule has 0 radical (unpaired) electrons. The van der Waals surface area contributed by atoms with Gasteiger partial charge in [-0.3, -0.25) is 0 Å². The first-order valence-corrected chi connectivity index (χ1v) is 6.07. The molecule has 0 aliphatic carbocycles. The maximum Gasteiger partial charge on any atom is 0.417 e. The van der Waals surface area contributed by atoms with Gasteiger partial charge < -0.3 is 14.6 Å². The van der Waals surface area contributed by atoms with Gasteiger partial charge in [-0.05, 0) is 18.2 Å². The molecular formula is C13H13F3O4. The zero-order valence-corrected chi connectivity index (χ0v) is 10.4. The Balaban J connectivity index is 2.23. The Labute approximate surface area is 113 Å². The van der Waals surface area contributed by atoms with Gasteiger partial charge in [0.2, 0.25) is 0 Å². The van der Waals surface area contributed by atoms with E-state index in [1.165, 1.54) is 0 Å². The summed E-state index contributed by atoms with van der Waals surface area (Å²) in [5.74, 6) is -1.50. The molecule has 20 heavy (non-hydrogen) atoms. The summed E-state index contributed by atoms with van der Waals surface area (Å²) in [7, 11) is 0. The molecule has 0 atom stereocenters. The average molecular weight is 290 g/mol. The predicted octanol–water partition coefficient (Wildman–Crippen LogP) is 2.96. The van der Waals surface area contributed by atoms with Gasteiger partial charge in [0.05, 0.1) is 24.3 Å². The molecule has 1 heterocycles. The van der Waals surface area contributed by atoms with Crippen molar-refractivity contribution < 1.29 is 32.5 Å². The van der Waals surface area contributed by atoms with E-state index in [0.717, 1.165) is 18.2 Å². The molecule has 0 saturated carbocycles. The van der Waals surface area contributed by atoms with Crippen molar-refractivity contribution in [2.75, 3.05) is 13.2 Å². The summed E-state index contributed by atoms with van der Waals surface area (Å²) < 4.78 is 48.7. The van der Waals surface area contributed by atoms with Crippen LogP contribution < -0.4 is 4.74 Å². The van der Waals surface area contributed by atoms with Crippen molar-refractivity contribution in [1.29, 1.82) is 0 Å². The smallest absolute Gasteiger partial charge is 0.417 e. The van der Waals surface area contributed by atoms with Crippen molar-refractivity contribution in [2.45, 2.75) is 25.1 Å². The number of carboxylic acids is 1. The summed E-state index contributed by atoms with van der Waals surface area (Å²) in [5, 5.41) is 8.88. The summed E-state index contributed by atoms with van der Waals surface area (Å²) in [4.78, 5) is 10.9. The average Bonchev–Trinajstić information content (AvgIpc) is 2.38. The van der Waals surface area contributed by atoms with Gasteiger partial charge in [-0.1, -0.05) is 0 Å². The topological polar surface area (TPSA) is 55.8 Å². The summed E-state index contributed by atoms with van der Waals surface area (Å²) >= 11 is 0. The molecule has 7 heteroatoms. The first-order chi connectivity index (χ1) is 9.38. The van der Waals surface area contributed by atoms with E-state index >= 15 is 0 Å². The molecule has 0 bridgehead atoms. The molecule has 1 aromatic carbocycles. The number of hydrogen-bond donors (Lipinski definition) is 1. The van der Waals surface area contributed by atoms with E-state index in [1.807, 2.05) is 0 Å². The number of carbonyl (C=O) groups is 1. The van der Waals surface area contributed by atoms with Crippen LogP contribution in [0, 0.1) is 0 Å². The minimum atomic E-state index is -4.70. The molecule has 1 aliphatic rings. The highest BCUT2D eigenvalue weighted by Gasteiger charge is 2.35. The third kappa shape index (κ3) is 3.41. The first-order valence-electron chi connectivity index (χ1n) is 6.07. The molecule has 1 fully saturated rings. The first kappa shape index (κ1) is 14.6. The lowest BCUT2D eigenvalue weighted by molar-refractivity contribution is -0.138. The summed E-state index contributed by atoms with van der Waals surface area (Å²) in [5.41, 5.74) is -1.98. The number of hydrogen-bond acceptors (Lipinski definition) is 3. The van der Waals surface area contributed by atoms with Crippen LogP contribution in [0.2, 0.25) is 0 Å². The third-order valence-electron chi connectivity index (χ3n) is 3.00. The maximum atomic E-state index is 12.7. The van der Waals surface area contributed by atoms with E-state index in [-0.39, 0.29) is 11.9 Å². The second-order valence-corrected chi connectivity index (χ2v) is 4.44. The Morgan fingerprint density at radius 1 is 1.30 bits per heavy atom. The highest BCUT2D eigenvalue weighted by molar-refractivity contribution is 5.90. The number of benzene rings is 1. The van der Waals surface area contributed by atoms with Crippen molar-refractivity contribution in [1.82, 2.24) is 0 Å². The van der Waals surface area contributed by atoms with Crippen LogP contribution in [0.3, 0.4) is 0 Å². The fraction of sp³-hybridized carbons (Fsp3) is 0.462. The molecule has 0 unspecified atom stereocenters. The number of aromatic carboxylic acids is 1. The lowest BCUT2D eigenvalue weighted by Gasteiger charge is -2.23. The van der Waals surface area contributed by atoms with Gasteiger partial charge in [0.25, 0.3) is 0 Å². The van der Waals surface area contributed by atoms with E-state index in [1.54, 1.807) is 0 Å². The minimum Gasteiger partial charge on any atom is -0.490 e. The molecule has 0 spiro atoms. The van der Waals surface area contributed by atoms with E-state index in [2.05, 4.69) is 0 Å². The zero-order chi connectivity index (χ0) is 14.8. The van der Waals surface area contributed by atoms with Crippen LogP contribution in [-0.2, 0) is 10.9 Å².